The molecule has 1 atom stereocenters. The van der Waals surface area contributed by atoms with Crippen molar-refractivity contribution in [1.82, 2.24) is 4.90 Å². The fraction of sp³-hybridized carbons (Fsp3) is 0.300. The molecule has 2 aliphatic carbocycles. The van der Waals surface area contributed by atoms with Crippen LogP contribution in [-0.4, -0.2) is 52.4 Å². The van der Waals surface area contributed by atoms with Crippen LogP contribution in [-0.2, 0) is 21.3 Å². The molecule has 45 heavy (non-hydrogen) atoms. The minimum atomic E-state index is -0.310. The highest BCUT2D eigenvalue weighted by atomic mass is 16.5. The third-order valence-electron chi connectivity index (χ3n) is 10.1. The molecule has 5 nitrogen and oxygen atoms in total. The first-order chi connectivity index (χ1) is 22.1. The van der Waals surface area contributed by atoms with Crippen LogP contribution in [0.1, 0.15) is 36.0 Å². The van der Waals surface area contributed by atoms with Crippen LogP contribution in [0.3, 0.4) is 0 Å². The lowest BCUT2D eigenvalue weighted by molar-refractivity contribution is 0.0300. The van der Waals surface area contributed by atoms with Gasteiger partial charge in [-0.3, -0.25) is 0 Å². The van der Waals surface area contributed by atoms with Crippen molar-refractivity contribution in [1.29, 1.82) is 0 Å². The SMILES string of the molecule is COC1=C(N2CCOCC2)Oc2c(c3c(c4c5c(ccc24)=CCCC5)=CC(c2ccccc2)(c2ccc(N(C)C)cc2)CC=3)=C1. The number of hydrogen-bond acceptors (Lipinski definition) is 5. The molecular formula is C40H40N2O3. The molecule has 2 aliphatic heterocycles. The van der Waals surface area contributed by atoms with E-state index in [0.29, 0.717) is 13.2 Å². The number of methoxy groups -OCH3 is 1. The molecule has 4 aromatic rings. The first-order valence-corrected chi connectivity index (χ1v) is 16.2. The van der Waals surface area contributed by atoms with E-state index < -0.39 is 0 Å². The maximum absolute atomic E-state index is 6.95. The lowest BCUT2D eigenvalue weighted by Gasteiger charge is -2.35. The monoisotopic (exact) mass is 596 g/mol. The topological polar surface area (TPSA) is 34.2 Å². The van der Waals surface area contributed by atoms with Gasteiger partial charge in [0.1, 0.15) is 5.75 Å². The van der Waals surface area contributed by atoms with Crippen molar-refractivity contribution in [2.45, 2.75) is 31.1 Å². The van der Waals surface area contributed by atoms with Crippen LogP contribution in [0.2, 0.25) is 0 Å². The van der Waals surface area contributed by atoms with Gasteiger partial charge in [-0.2, -0.15) is 0 Å². The first kappa shape index (κ1) is 28.0. The Morgan fingerprint density at radius 3 is 2.38 bits per heavy atom. The Morgan fingerprint density at radius 2 is 1.62 bits per heavy atom. The fourth-order valence-electron chi connectivity index (χ4n) is 7.73. The van der Waals surface area contributed by atoms with Crippen molar-refractivity contribution in [3.8, 4) is 5.75 Å². The number of fused-ring (bicyclic) bond motifs is 8. The molecule has 0 spiro atoms. The number of aryl methyl sites for hydroxylation is 1. The summed E-state index contributed by atoms with van der Waals surface area (Å²) in [6, 6.07) is 24.7. The summed E-state index contributed by atoms with van der Waals surface area (Å²) in [6.07, 6.45) is 13.9. The molecule has 0 N–H and O–H groups in total. The number of morpholine rings is 1. The first-order valence-electron chi connectivity index (χ1n) is 16.2. The standard InChI is InChI=1S/C40H40N2O3/c1-41(2)30-16-14-29(15-17-30)40(28-10-5-4-6-11-28)20-19-32-34-25-36(43-3)39(42-21-23-44-24-22-42)45-38(34)33-18-13-27-9-7-8-12-31(27)37(33)35(32)26-40/h4-6,9-11,13-19,25-26H,7-8,12,20-24H2,1-3H3. The van der Waals surface area contributed by atoms with Crippen LogP contribution in [0, 0.1) is 0 Å². The van der Waals surface area contributed by atoms with Gasteiger partial charge in [-0.05, 0) is 87.7 Å². The van der Waals surface area contributed by atoms with E-state index in [1.807, 2.05) is 0 Å². The molecule has 2 heterocycles. The van der Waals surface area contributed by atoms with E-state index in [-0.39, 0.29) is 5.41 Å². The Hall–Kier alpha value is -4.48. The van der Waals surface area contributed by atoms with Gasteiger partial charge in [-0.25, -0.2) is 0 Å². The van der Waals surface area contributed by atoms with Crippen molar-refractivity contribution in [2.24, 2.45) is 0 Å². The van der Waals surface area contributed by atoms with Gasteiger partial charge in [-0.1, -0.05) is 66.8 Å². The van der Waals surface area contributed by atoms with Gasteiger partial charge in [0.25, 0.3) is 0 Å². The average molecular weight is 597 g/mol. The van der Waals surface area contributed by atoms with E-state index >= 15 is 0 Å². The summed E-state index contributed by atoms with van der Waals surface area (Å²) < 4.78 is 18.6. The van der Waals surface area contributed by atoms with E-state index in [1.54, 1.807) is 7.11 Å². The van der Waals surface area contributed by atoms with Gasteiger partial charge in [-0.15, -0.1) is 0 Å². The van der Waals surface area contributed by atoms with E-state index in [0.717, 1.165) is 61.4 Å². The summed E-state index contributed by atoms with van der Waals surface area (Å²) in [6.45, 7) is 2.94. The summed E-state index contributed by atoms with van der Waals surface area (Å²) in [5, 5.41) is 7.50. The Balaban J connectivity index is 1.47. The number of allylic oxidation sites excluding steroid dienone is 1. The Labute approximate surface area is 264 Å². The summed E-state index contributed by atoms with van der Waals surface area (Å²) in [5.41, 5.74) is 4.94. The molecule has 4 aromatic carbocycles. The largest absolute Gasteiger partial charge is 0.491 e. The fourth-order valence-corrected chi connectivity index (χ4v) is 7.73. The van der Waals surface area contributed by atoms with Crippen LogP contribution in [0.4, 0.5) is 5.69 Å². The number of ether oxygens (including phenoxy) is 3. The van der Waals surface area contributed by atoms with Gasteiger partial charge in [0.05, 0.1) is 20.3 Å². The second-order valence-corrected chi connectivity index (χ2v) is 12.8. The van der Waals surface area contributed by atoms with Crippen LogP contribution in [0.25, 0.3) is 35.1 Å². The smallest absolute Gasteiger partial charge is 0.238 e. The third-order valence-corrected chi connectivity index (χ3v) is 10.1. The molecule has 0 radical (unpaired) electrons. The second-order valence-electron chi connectivity index (χ2n) is 12.8. The molecule has 228 valence electrons. The summed E-state index contributed by atoms with van der Waals surface area (Å²) in [7, 11) is 5.94. The summed E-state index contributed by atoms with van der Waals surface area (Å²) in [5.74, 6) is 2.50. The highest BCUT2D eigenvalue weighted by Gasteiger charge is 2.34. The van der Waals surface area contributed by atoms with Gasteiger partial charge in [0.2, 0.25) is 5.88 Å². The molecule has 4 aliphatic rings. The normalized spacial score (nSPS) is 20.4. The van der Waals surface area contributed by atoms with Crippen LogP contribution >= 0.6 is 0 Å². The van der Waals surface area contributed by atoms with Crippen molar-refractivity contribution < 1.29 is 14.2 Å². The Kier molecular flexibility index (Phi) is 6.94. The average Bonchev–Trinajstić information content (AvgIpc) is 3.11. The molecule has 1 saturated heterocycles. The molecule has 5 heteroatoms. The van der Waals surface area contributed by atoms with Crippen LogP contribution < -0.4 is 30.5 Å². The van der Waals surface area contributed by atoms with Crippen LogP contribution in [0.5, 0.6) is 5.75 Å². The predicted molar refractivity (Wildman–Crippen MR) is 183 cm³/mol. The number of rotatable bonds is 5. The van der Waals surface area contributed by atoms with Crippen molar-refractivity contribution in [3.05, 3.63) is 116 Å². The summed E-state index contributed by atoms with van der Waals surface area (Å²) >= 11 is 0. The number of hydrogen-bond donors (Lipinski definition) is 0. The quantitative estimate of drug-likeness (QED) is 0.344. The molecule has 1 fully saturated rings. The molecule has 0 amide bonds. The van der Waals surface area contributed by atoms with Gasteiger partial charge in [0.15, 0.2) is 5.76 Å². The van der Waals surface area contributed by atoms with E-state index in [1.165, 1.54) is 48.8 Å². The maximum Gasteiger partial charge on any atom is 0.238 e. The Morgan fingerprint density at radius 1 is 0.844 bits per heavy atom. The third kappa shape index (κ3) is 4.55. The summed E-state index contributed by atoms with van der Waals surface area (Å²) in [4.78, 5) is 4.42. The zero-order valence-corrected chi connectivity index (χ0v) is 26.4. The van der Waals surface area contributed by atoms with E-state index in [4.69, 9.17) is 14.2 Å². The van der Waals surface area contributed by atoms with Crippen molar-refractivity contribution in [3.63, 3.8) is 0 Å². The molecule has 0 saturated carbocycles. The lowest BCUT2D eigenvalue weighted by Crippen LogP contribution is -2.48. The highest BCUT2D eigenvalue weighted by molar-refractivity contribution is 5.94. The minimum Gasteiger partial charge on any atom is -0.491 e. The zero-order valence-electron chi connectivity index (χ0n) is 26.4. The molecule has 8 rings (SSSR count). The van der Waals surface area contributed by atoms with Gasteiger partial charge < -0.3 is 24.0 Å². The minimum absolute atomic E-state index is 0.310. The Bertz CT molecular complexity index is 2070. The van der Waals surface area contributed by atoms with Gasteiger partial charge >= 0.3 is 0 Å². The van der Waals surface area contributed by atoms with E-state index in [2.05, 4.69) is 115 Å². The van der Waals surface area contributed by atoms with Crippen LogP contribution in [0.15, 0.2) is 78.4 Å². The maximum atomic E-state index is 6.95. The molecule has 0 aromatic heterocycles. The predicted octanol–water partition coefficient (Wildman–Crippen LogP) is 4.29. The highest BCUT2D eigenvalue weighted by Crippen LogP contribution is 2.40. The number of anilines is 1. The second kappa shape index (κ2) is 11.1. The molecular weight excluding hydrogens is 556 g/mol. The zero-order chi connectivity index (χ0) is 30.5. The molecule has 0 bridgehead atoms. The van der Waals surface area contributed by atoms with E-state index in [9.17, 15) is 0 Å². The number of nitrogens with zero attached hydrogens (tertiary/aromatic N) is 2. The van der Waals surface area contributed by atoms with Gasteiger partial charge in [0, 0.05) is 48.9 Å². The number of benzene rings is 4. The van der Waals surface area contributed by atoms with Crippen molar-refractivity contribution >= 4 is 40.8 Å². The molecule has 1 unspecified atom stereocenters. The van der Waals surface area contributed by atoms with Crippen molar-refractivity contribution in [2.75, 3.05) is 52.4 Å². The lowest BCUT2D eigenvalue weighted by atomic mass is 9.69.